The zero-order valence-electron chi connectivity index (χ0n) is 13.7. The second-order valence-electron chi connectivity index (χ2n) is 5.78. The highest BCUT2D eigenvalue weighted by Gasteiger charge is 2.33. The van der Waals surface area contributed by atoms with Crippen molar-refractivity contribution in [2.45, 2.75) is 25.4 Å². The van der Waals surface area contributed by atoms with E-state index in [0.717, 1.165) is 24.2 Å². The summed E-state index contributed by atoms with van der Waals surface area (Å²) >= 11 is 3.12. The molecule has 7 heteroatoms. The van der Waals surface area contributed by atoms with E-state index in [4.69, 9.17) is 13.9 Å². The van der Waals surface area contributed by atoms with Gasteiger partial charge in [-0.05, 0) is 58.6 Å². The minimum atomic E-state index is -0.653. The van der Waals surface area contributed by atoms with Crippen molar-refractivity contribution in [1.82, 2.24) is 4.90 Å². The molecule has 0 aliphatic heterocycles. The normalized spacial score (nSPS) is 13.4. The minimum Gasteiger partial charge on any atom is -0.497 e. The van der Waals surface area contributed by atoms with E-state index in [9.17, 15) is 9.59 Å². The van der Waals surface area contributed by atoms with Crippen LogP contribution < -0.4 is 4.74 Å². The number of hydrogen-bond donors (Lipinski definition) is 0. The number of hydrogen-bond acceptors (Lipinski definition) is 5. The number of rotatable bonds is 7. The first-order valence-corrected chi connectivity index (χ1v) is 8.71. The molecular weight excluding hydrogens is 390 g/mol. The van der Waals surface area contributed by atoms with E-state index in [1.807, 2.05) is 24.3 Å². The fraction of sp³-hybridized carbons (Fsp3) is 0.333. The molecule has 3 rings (SSSR count). The fourth-order valence-corrected chi connectivity index (χ4v) is 2.75. The summed E-state index contributed by atoms with van der Waals surface area (Å²) < 4.78 is 15.8. The molecule has 1 aliphatic carbocycles. The maximum absolute atomic E-state index is 12.5. The lowest BCUT2D eigenvalue weighted by molar-refractivity contribution is -0.135. The van der Waals surface area contributed by atoms with E-state index in [1.54, 1.807) is 18.1 Å². The largest absolute Gasteiger partial charge is 0.497 e. The predicted molar refractivity (Wildman–Crippen MR) is 93.3 cm³/mol. The summed E-state index contributed by atoms with van der Waals surface area (Å²) in [7, 11) is 1.61. The van der Waals surface area contributed by atoms with Crippen LogP contribution in [0.3, 0.4) is 0 Å². The molecule has 1 aromatic heterocycles. The smallest absolute Gasteiger partial charge is 0.374 e. The SMILES string of the molecule is COc1ccc(CN(C(=O)COC(=O)c2ccc(Br)o2)C2CC2)cc1. The Bertz CT molecular complexity index is 751. The number of carbonyl (C=O) groups excluding carboxylic acids is 2. The lowest BCUT2D eigenvalue weighted by Crippen LogP contribution is -2.36. The maximum Gasteiger partial charge on any atom is 0.374 e. The standard InChI is InChI=1S/C18H18BrNO5/c1-23-14-6-2-12(3-7-14)10-20(13-4-5-13)17(21)11-24-18(22)15-8-9-16(19)25-15/h2-3,6-9,13H,4-5,10-11H2,1H3. The lowest BCUT2D eigenvalue weighted by atomic mass is 10.2. The monoisotopic (exact) mass is 407 g/mol. The molecule has 1 amide bonds. The van der Waals surface area contributed by atoms with Crippen LogP contribution in [0.1, 0.15) is 29.0 Å². The highest BCUT2D eigenvalue weighted by atomic mass is 79.9. The van der Waals surface area contributed by atoms with E-state index in [2.05, 4.69) is 15.9 Å². The Morgan fingerprint density at radius 2 is 1.92 bits per heavy atom. The lowest BCUT2D eigenvalue weighted by Gasteiger charge is -2.22. The first-order chi connectivity index (χ1) is 12.1. The summed E-state index contributed by atoms with van der Waals surface area (Å²) in [5.41, 5.74) is 1.00. The van der Waals surface area contributed by atoms with Gasteiger partial charge in [0, 0.05) is 12.6 Å². The van der Waals surface area contributed by atoms with Crippen LogP contribution in [0.25, 0.3) is 0 Å². The van der Waals surface area contributed by atoms with E-state index in [1.165, 1.54) is 6.07 Å². The molecular formula is C18H18BrNO5. The molecule has 1 aromatic carbocycles. The van der Waals surface area contributed by atoms with Gasteiger partial charge in [0.25, 0.3) is 5.91 Å². The van der Waals surface area contributed by atoms with Gasteiger partial charge in [-0.2, -0.15) is 0 Å². The van der Waals surface area contributed by atoms with Crippen LogP contribution in [-0.2, 0) is 16.1 Å². The molecule has 0 bridgehead atoms. The third-order valence-corrected chi connectivity index (χ3v) is 4.35. The summed E-state index contributed by atoms with van der Waals surface area (Å²) in [6.07, 6.45) is 1.95. The van der Waals surface area contributed by atoms with Crippen LogP contribution in [-0.4, -0.2) is 36.5 Å². The van der Waals surface area contributed by atoms with Crippen molar-refractivity contribution in [1.29, 1.82) is 0 Å². The van der Waals surface area contributed by atoms with Crippen LogP contribution in [0.2, 0.25) is 0 Å². The number of benzene rings is 1. The number of amides is 1. The number of furan rings is 1. The average molecular weight is 408 g/mol. The predicted octanol–water partition coefficient (Wildman–Crippen LogP) is 3.40. The maximum atomic E-state index is 12.5. The number of carbonyl (C=O) groups is 2. The molecule has 0 spiro atoms. The van der Waals surface area contributed by atoms with Gasteiger partial charge < -0.3 is 18.8 Å². The first kappa shape index (κ1) is 17.5. The summed E-state index contributed by atoms with van der Waals surface area (Å²) in [6, 6.07) is 10.9. The van der Waals surface area contributed by atoms with Crippen LogP contribution >= 0.6 is 15.9 Å². The molecule has 1 saturated carbocycles. The van der Waals surface area contributed by atoms with Gasteiger partial charge in [-0.3, -0.25) is 4.79 Å². The summed E-state index contributed by atoms with van der Waals surface area (Å²) in [5, 5.41) is 0. The Balaban J connectivity index is 1.58. The first-order valence-electron chi connectivity index (χ1n) is 7.91. The average Bonchev–Trinajstić information content (AvgIpc) is 3.38. The number of halogens is 1. The van der Waals surface area contributed by atoms with Gasteiger partial charge in [-0.15, -0.1) is 0 Å². The van der Waals surface area contributed by atoms with Gasteiger partial charge in [0.05, 0.1) is 7.11 Å². The minimum absolute atomic E-state index is 0.0628. The topological polar surface area (TPSA) is 69.0 Å². The van der Waals surface area contributed by atoms with Crippen molar-refractivity contribution in [3.05, 3.63) is 52.4 Å². The Kier molecular flexibility index (Phi) is 5.43. The van der Waals surface area contributed by atoms with Gasteiger partial charge >= 0.3 is 5.97 Å². The fourth-order valence-electron chi connectivity index (χ4n) is 2.44. The van der Waals surface area contributed by atoms with Crippen molar-refractivity contribution in [2.75, 3.05) is 13.7 Å². The number of ether oxygens (including phenoxy) is 2. The second kappa shape index (κ2) is 7.74. The summed E-state index contributed by atoms with van der Waals surface area (Å²) in [5.74, 6) is -0.0316. The third kappa shape index (κ3) is 4.63. The van der Waals surface area contributed by atoms with Crippen molar-refractivity contribution in [3.63, 3.8) is 0 Å². The van der Waals surface area contributed by atoms with Gasteiger partial charge in [0.15, 0.2) is 11.3 Å². The Morgan fingerprint density at radius 1 is 1.20 bits per heavy atom. The van der Waals surface area contributed by atoms with Gasteiger partial charge in [0.2, 0.25) is 5.76 Å². The Morgan fingerprint density at radius 3 is 2.48 bits per heavy atom. The van der Waals surface area contributed by atoms with Crippen LogP contribution in [0.5, 0.6) is 5.75 Å². The van der Waals surface area contributed by atoms with Crippen molar-refractivity contribution in [2.24, 2.45) is 0 Å². The van der Waals surface area contributed by atoms with Crippen LogP contribution in [0, 0.1) is 0 Å². The molecule has 0 saturated heterocycles. The molecule has 1 aliphatic rings. The Hall–Kier alpha value is -2.28. The molecule has 1 heterocycles. The van der Waals surface area contributed by atoms with Gasteiger partial charge in [0.1, 0.15) is 5.75 Å². The molecule has 6 nitrogen and oxygen atoms in total. The van der Waals surface area contributed by atoms with Crippen molar-refractivity contribution >= 4 is 27.8 Å². The molecule has 2 aromatic rings. The second-order valence-corrected chi connectivity index (χ2v) is 6.56. The number of esters is 1. The quantitative estimate of drug-likeness (QED) is 0.657. The number of methoxy groups -OCH3 is 1. The Labute approximate surface area is 153 Å². The van der Waals surface area contributed by atoms with Crippen LogP contribution in [0.15, 0.2) is 45.5 Å². The van der Waals surface area contributed by atoms with Crippen molar-refractivity contribution < 1.29 is 23.5 Å². The molecule has 25 heavy (non-hydrogen) atoms. The summed E-state index contributed by atoms with van der Waals surface area (Å²) in [4.78, 5) is 26.1. The molecule has 0 atom stereocenters. The molecule has 0 N–H and O–H groups in total. The van der Waals surface area contributed by atoms with E-state index >= 15 is 0 Å². The molecule has 0 unspecified atom stereocenters. The van der Waals surface area contributed by atoms with Crippen molar-refractivity contribution in [3.8, 4) is 5.75 Å². The summed E-state index contributed by atoms with van der Waals surface area (Å²) in [6.45, 7) is 0.182. The molecule has 1 fully saturated rings. The zero-order valence-corrected chi connectivity index (χ0v) is 15.3. The third-order valence-electron chi connectivity index (χ3n) is 3.92. The molecule has 132 valence electrons. The zero-order chi connectivity index (χ0) is 17.8. The van der Waals surface area contributed by atoms with Gasteiger partial charge in [-0.1, -0.05) is 12.1 Å². The highest BCUT2D eigenvalue weighted by molar-refractivity contribution is 9.10. The van der Waals surface area contributed by atoms with E-state index in [-0.39, 0.29) is 24.3 Å². The van der Waals surface area contributed by atoms with E-state index in [0.29, 0.717) is 11.2 Å². The van der Waals surface area contributed by atoms with E-state index < -0.39 is 5.97 Å². The molecule has 0 radical (unpaired) electrons. The van der Waals surface area contributed by atoms with Gasteiger partial charge in [-0.25, -0.2) is 4.79 Å². The highest BCUT2D eigenvalue weighted by Crippen LogP contribution is 2.29. The van der Waals surface area contributed by atoms with Crippen LogP contribution in [0.4, 0.5) is 0 Å². The number of nitrogens with zero attached hydrogens (tertiary/aromatic N) is 1.